The van der Waals surface area contributed by atoms with Crippen molar-refractivity contribution in [1.82, 2.24) is 0 Å². The Hall–Kier alpha value is -4.37. The van der Waals surface area contributed by atoms with Crippen LogP contribution in [0.25, 0.3) is 0 Å². The molecule has 1 amide bonds. The zero-order valence-corrected chi connectivity index (χ0v) is 22.2. The van der Waals surface area contributed by atoms with Crippen molar-refractivity contribution in [1.29, 1.82) is 0 Å². The standard InChI is InChI=1S/C30H23FN2O5.BrH/c31-19-9-7-18(8-10-19)16-33-13-11-17(12-14-33)3-1-4-20-22(30(32)38)15-24(35)27-26(20)28(36)21-5-2-6-23(34)25(21)29(27)37;/h2,5-15H,1,3-4,16H2,(H3-,32,34,35,37,38);1H. The summed E-state index contributed by atoms with van der Waals surface area (Å²) in [4.78, 5) is 38.9. The van der Waals surface area contributed by atoms with Gasteiger partial charge in [0, 0.05) is 34.4 Å². The number of nitrogens with zero attached hydrogens (tertiary/aromatic N) is 1. The van der Waals surface area contributed by atoms with Gasteiger partial charge in [0.15, 0.2) is 24.7 Å². The predicted octanol–water partition coefficient (Wildman–Crippen LogP) is 0.626. The maximum absolute atomic E-state index is 13.4. The largest absolute Gasteiger partial charge is 1.00 e. The Labute approximate surface area is 234 Å². The number of benzene rings is 3. The lowest BCUT2D eigenvalue weighted by Crippen LogP contribution is -3.00. The first-order valence-corrected chi connectivity index (χ1v) is 12.1. The van der Waals surface area contributed by atoms with Crippen LogP contribution in [0.1, 0.15) is 65.3 Å². The number of aryl methyl sites for hydroxylation is 1. The summed E-state index contributed by atoms with van der Waals surface area (Å²) in [6.07, 6.45) is 5.25. The number of phenols is 2. The molecule has 0 atom stereocenters. The SMILES string of the molecule is NC(=O)c1cc(O)c2c(c1CCCc1cc[n+](Cc3ccc(F)cc3)cc1)C(=O)c1cccc(O)c1C2=O.[Br-]. The smallest absolute Gasteiger partial charge is 0.249 e. The summed E-state index contributed by atoms with van der Waals surface area (Å²) in [5.41, 5.74) is 7.41. The molecular formula is C30H24BrFN2O5. The topological polar surface area (TPSA) is 122 Å². The van der Waals surface area contributed by atoms with Crippen molar-refractivity contribution in [3.8, 4) is 11.5 Å². The molecule has 3 aromatic carbocycles. The van der Waals surface area contributed by atoms with E-state index < -0.39 is 23.2 Å². The first kappa shape index (κ1) is 27.7. The number of primary amides is 1. The Morgan fingerprint density at radius 2 is 1.51 bits per heavy atom. The Morgan fingerprint density at radius 1 is 0.821 bits per heavy atom. The molecular weight excluding hydrogens is 567 g/mol. The van der Waals surface area contributed by atoms with Crippen LogP contribution in [0.2, 0.25) is 0 Å². The summed E-state index contributed by atoms with van der Waals surface area (Å²) >= 11 is 0. The first-order chi connectivity index (χ1) is 18.2. The number of rotatable bonds is 7. The number of hydrogen-bond acceptors (Lipinski definition) is 5. The molecule has 1 heterocycles. The molecule has 4 N–H and O–H groups in total. The Balaban J connectivity index is 0.00000353. The van der Waals surface area contributed by atoms with Crippen molar-refractivity contribution in [2.24, 2.45) is 5.73 Å². The lowest BCUT2D eigenvalue weighted by Gasteiger charge is -2.23. The third-order valence-corrected chi connectivity index (χ3v) is 6.78. The number of aromatic hydroxyl groups is 2. The number of amides is 1. The molecule has 0 radical (unpaired) electrons. The maximum Gasteiger partial charge on any atom is 0.249 e. The second kappa shape index (κ2) is 11.2. The van der Waals surface area contributed by atoms with Crippen molar-refractivity contribution < 1.29 is 50.5 Å². The van der Waals surface area contributed by atoms with E-state index in [2.05, 4.69) is 0 Å². The van der Waals surface area contributed by atoms with Crippen LogP contribution in [-0.4, -0.2) is 27.7 Å². The van der Waals surface area contributed by atoms with E-state index in [1.807, 2.05) is 29.1 Å². The number of aromatic nitrogens is 1. The van der Waals surface area contributed by atoms with Crippen LogP contribution in [0.4, 0.5) is 4.39 Å². The van der Waals surface area contributed by atoms with Gasteiger partial charge in [-0.25, -0.2) is 8.96 Å². The Morgan fingerprint density at radius 3 is 2.18 bits per heavy atom. The fourth-order valence-electron chi connectivity index (χ4n) is 4.93. The molecule has 0 bridgehead atoms. The fourth-order valence-corrected chi connectivity index (χ4v) is 4.93. The highest BCUT2D eigenvalue weighted by atomic mass is 79.9. The van der Waals surface area contributed by atoms with Crippen molar-refractivity contribution in [2.45, 2.75) is 25.8 Å². The number of carbonyl (C=O) groups excluding carboxylic acids is 3. The molecule has 7 nitrogen and oxygen atoms in total. The number of carbonyl (C=O) groups is 3. The van der Waals surface area contributed by atoms with E-state index in [1.165, 1.54) is 30.3 Å². The van der Waals surface area contributed by atoms with Gasteiger partial charge < -0.3 is 32.9 Å². The summed E-state index contributed by atoms with van der Waals surface area (Å²) < 4.78 is 15.1. The summed E-state index contributed by atoms with van der Waals surface area (Å²) in [5.74, 6) is -3.22. The monoisotopic (exact) mass is 590 g/mol. The number of halogens is 2. The fraction of sp³-hybridized carbons (Fsp3) is 0.133. The number of phenolic OH excluding ortho intramolecular Hbond substituents is 2. The van der Waals surface area contributed by atoms with Gasteiger partial charge in [-0.3, -0.25) is 14.4 Å². The van der Waals surface area contributed by atoms with Crippen LogP contribution in [0.5, 0.6) is 11.5 Å². The molecule has 0 unspecified atom stereocenters. The van der Waals surface area contributed by atoms with Gasteiger partial charge >= 0.3 is 0 Å². The van der Waals surface area contributed by atoms with Crippen LogP contribution in [0.3, 0.4) is 0 Å². The van der Waals surface area contributed by atoms with E-state index >= 15 is 0 Å². The average molecular weight is 591 g/mol. The summed E-state index contributed by atoms with van der Waals surface area (Å²) in [6.45, 7) is 0.593. The molecule has 0 aliphatic heterocycles. The van der Waals surface area contributed by atoms with Gasteiger partial charge in [-0.05, 0) is 66.8 Å². The van der Waals surface area contributed by atoms with E-state index in [0.717, 1.165) is 17.2 Å². The van der Waals surface area contributed by atoms with Gasteiger partial charge in [-0.15, -0.1) is 0 Å². The van der Waals surface area contributed by atoms with Gasteiger partial charge in [-0.1, -0.05) is 12.1 Å². The first-order valence-electron chi connectivity index (χ1n) is 12.1. The average Bonchev–Trinajstić information content (AvgIpc) is 2.89. The lowest BCUT2D eigenvalue weighted by molar-refractivity contribution is -0.688. The summed E-state index contributed by atoms with van der Waals surface area (Å²) in [6, 6.07) is 15.5. The molecule has 0 saturated carbocycles. The second-order valence-corrected chi connectivity index (χ2v) is 9.25. The van der Waals surface area contributed by atoms with Crippen molar-refractivity contribution in [2.75, 3.05) is 0 Å². The molecule has 1 aliphatic carbocycles. The summed E-state index contributed by atoms with van der Waals surface area (Å²) in [7, 11) is 0. The van der Waals surface area contributed by atoms with Gasteiger partial charge in [-0.2, -0.15) is 0 Å². The summed E-state index contributed by atoms with van der Waals surface area (Å²) in [5, 5.41) is 20.8. The second-order valence-electron chi connectivity index (χ2n) is 9.25. The van der Waals surface area contributed by atoms with E-state index in [9.17, 15) is 29.0 Å². The normalized spacial score (nSPS) is 11.9. The predicted molar refractivity (Wildman–Crippen MR) is 136 cm³/mol. The van der Waals surface area contributed by atoms with Crippen LogP contribution < -0.4 is 27.3 Å². The van der Waals surface area contributed by atoms with Crippen molar-refractivity contribution in [3.63, 3.8) is 0 Å². The minimum absolute atomic E-state index is 0. The van der Waals surface area contributed by atoms with Gasteiger partial charge in [0.05, 0.1) is 11.1 Å². The molecule has 39 heavy (non-hydrogen) atoms. The highest BCUT2D eigenvalue weighted by molar-refractivity contribution is 6.31. The van der Waals surface area contributed by atoms with E-state index in [4.69, 9.17) is 5.73 Å². The van der Waals surface area contributed by atoms with Crippen LogP contribution in [0, 0.1) is 5.82 Å². The van der Waals surface area contributed by atoms with E-state index in [0.29, 0.717) is 24.9 Å². The van der Waals surface area contributed by atoms with Crippen molar-refractivity contribution in [3.05, 3.63) is 123 Å². The quantitative estimate of drug-likeness (QED) is 0.240. The number of nitrogens with two attached hydrogens (primary N) is 1. The third kappa shape index (κ3) is 5.31. The zero-order chi connectivity index (χ0) is 27.0. The highest BCUT2D eigenvalue weighted by Crippen LogP contribution is 2.39. The molecule has 4 aromatic rings. The van der Waals surface area contributed by atoms with E-state index in [-0.39, 0.29) is 62.8 Å². The van der Waals surface area contributed by atoms with Crippen molar-refractivity contribution >= 4 is 17.5 Å². The highest BCUT2D eigenvalue weighted by Gasteiger charge is 2.37. The minimum Gasteiger partial charge on any atom is -1.00 e. The lowest BCUT2D eigenvalue weighted by atomic mass is 9.78. The maximum atomic E-state index is 13.4. The van der Waals surface area contributed by atoms with Crippen LogP contribution in [-0.2, 0) is 19.4 Å². The third-order valence-electron chi connectivity index (χ3n) is 6.78. The zero-order valence-electron chi connectivity index (χ0n) is 20.7. The minimum atomic E-state index is -0.818. The number of hydrogen-bond donors (Lipinski definition) is 3. The number of ketones is 2. The van der Waals surface area contributed by atoms with Crippen LogP contribution >= 0.6 is 0 Å². The molecule has 0 spiro atoms. The van der Waals surface area contributed by atoms with Gasteiger partial charge in [0.1, 0.15) is 17.3 Å². The molecule has 1 aliphatic rings. The number of pyridine rings is 1. The van der Waals surface area contributed by atoms with Crippen LogP contribution in [0.15, 0.2) is 73.1 Å². The molecule has 198 valence electrons. The van der Waals surface area contributed by atoms with E-state index in [1.54, 1.807) is 12.1 Å². The molecule has 0 saturated heterocycles. The molecule has 1 aromatic heterocycles. The number of fused-ring (bicyclic) bond motifs is 2. The molecule has 9 heteroatoms. The Bertz CT molecular complexity index is 1600. The molecule has 0 fully saturated rings. The van der Waals surface area contributed by atoms with Gasteiger partial charge in [0.25, 0.3) is 0 Å². The Kier molecular flexibility index (Phi) is 7.92. The van der Waals surface area contributed by atoms with Gasteiger partial charge in [0.2, 0.25) is 11.7 Å². The molecule has 5 rings (SSSR count).